The summed E-state index contributed by atoms with van der Waals surface area (Å²) in [5.74, 6) is 4.74. The minimum atomic E-state index is -0.851. The van der Waals surface area contributed by atoms with E-state index in [0.29, 0.717) is 24.8 Å². The number of carbonyl (C=O) groups excluding carboxylic acids is 1. The Kier molecular flexibility index (Phi) is 8.97. The molecule has 9 nitrogen and oxygen atoms in total. The number of nitro groups is 1. The molecule has 0 saturated carbocycles. The summed E-state index contributed by atoms with van der Waals surface area (Å²) in [7, 11) is 0. The molecule has 1 aliphatic heterocycles. The van der Waals surface area contributed by atoms with Gasteiger partial charge >= 0.3 is 11.8 Å². The fourth-order valence-corrected chi connectivity index (χ4v) is 3.12. The quantitative estimate of drug-likeness (QED) is 0.207. The summed E-state index contributed by atoms with van der Waals surface area (Å²) in [6.07, 6.45) is 7.25. The molecule has 0 radical (unpaired) electrons. The van der Waals surface area contributed by atoms with E-state index >= 15 is 0 Å². The lowest BCUT2D eigenvalue weighted by Gasteiger charge is -2.32. The Balaban J connectivity index is 1.90. The number of aromatic nitrogens is 1. The first-order chi connectivity index (χ1) is 14.4. The molecule has 0 bridgehead atoms. The molecule has 0 spiro atoms. The molecule has 2 heterocycles. The first-order valence-corrected chi connectivity index (χ1v) is 9.79. The van der Waals surface area contributed by atoms with Crippen molar-refractivity contribution in [3.63, 3.8) is 0 Å². The Hall–Kier alpha value is -3.25. The number of carboxylic acids is 1. The summed E-state index contributed by atoms with van der Waals surface area (Å²) in [5.41, 5.74) is 0.668. The van der Waals surface area contributed by atoms with E-state index in [0.717, 1.165) is 12.8 Å². The SMILES string of the molecule is O=C(O)CCCC#CCN1C(=O)CCC[C@@H]1/C=C/C(O)Cc1ccc([N+](=O)[O-])nc1. The van der Waals surface area contributed by atoms with Crippen LogP contribution in [-0.4, -0.2) is 55.6 Å². The second-order valence-corrected chi connectivity index (χ2v) is 7.02. The highest BCUT2D eigenvalue weighted by molar-refractivity contribution is 5.78. The first kappa shape index (κ1) is 23.0. The summed E-state index contributed by atoms with van der Waals surface area (Å²) in [6.45, 7) is 0.267. The van der Waals surface area contributed by atoms with Crippen molar-refractivity contribution in [3.05, 3.63) is 46.2 Å². The van der Waals surface area contributed by atoms with E-state index in [2.05, 4.69) is 16.8 Å². The summed E-state index contributed by atoms with van der Waals surface area (Å²) < 4.78 is 0. The predicted octanol–water partition coefficient (Wildman–Crippen LogP) is 2.09. The van der Waals surface area contributed by atoms with E-state index < -0.39 is 17.0 Å². The molecule has 2 rings (SSSR count). The van der Waals surface area contributed by atoms with Gasteiger partial charge in [0.05, 0.1) is 18.7 Å². The third-order valence-corrected chi connectivity index (χ3v) is 4.67. The van der Waals surface area contributed by atoms with Crippen molar-refractivity contribution >= 4 is 17.7 Å². The average molecular weight is 415 g/mol. The van der Waals surface area contributed by atoms with Gasteiger partial charge in [0.15, 0.2) is 0 Å². The number of rotatable bonds is 9. The molecular weight excluding hydrogens is 390 g/mol. The molecule has 1 aromatic rings. The Morgan fingerprint density at radius 1 is 1.43 bits per heavy atom. The fraction of sp³-hybridized carbons (Fsp3) is 0.476. The van der Waals surface area contributed by atoms with Crippen molar-refractivity contribution in [1.29, 1.82) is 0 Å². The Morgan fingerprint density at radius 3 is 2.90 bits per heavy atom. The number of aliphatic hydroxyl groups is 1. The van der Waals surface area contributed by atoms with Crippen LogP contribution in [0, 0.1) is 22.0 Å². The molecule has 2 N–H and O–H groups in total. The van der Waals surface area contributed by atoms with E-state index in [-0.39, 0.29) is 37.2 Å². The maximum Gasteiger partial charge on any atom is 0.363 e. The van der Waals surface area contributed by atoms with E-state index in [1.807, 2.05) is 0 Å². The van der Waals surface area contributed by atoms with Crippen molar-refractivity contribution in [2.75, 3.05) is 6.54 Å². The Bertz CT molecular complexity index is 841. The van der Waals surface area contributed by atoms with Crippen molar-refractivity contribution in [2.24, 2.45) is 0 Å². The number of piperidine rings is 1. The average Bonchev–Trinajstić information content (AvgIpc) is 2.70. The van der Waals surface area contributed by atoms with Crippen LogP contribution in [0.4, 0.5) is 5.82 Å². The lowest BCUT2D eigenvalue weighted by Crippen LogP contribution is -2.42. The van der Waals surface area contributed by atoms with Crippen LogP contribution in [-0.2, 0) is 16.0 Å². The van der Waals surface area contributed by atoms with Crippen molar-refractivity contribution in [3.8, 4) is 11.8 Å². The third-order valence-electron chi connectivity index (χ3n) is 4.67. The Morgan fingerprint density at radius 2 is 2.23 bits per heavy atom. The van der Waals surface area contributed by atoms with E-state index in [1.54, 1.807) is 23.1 Å². The molecule has 1 unspecified atom stereocenters. The number of hydrogen-bond acceptors (Lipinski definition) is 6. The maximum absolute atomic E-state index is 12.3. The molecule has 2 atom stereocenters. The highest BCUT2D eigenvalue weighted by Crippen LogP contribution is 2.19. The highest BCUT2D eigenvalue weighted by atomic mass is 16.6. The number of nitrogens with zero attached hydrogens (tertiary/aromatic N) is 3. The topological polar surface area (TPSA) is 134 Å². The van der Waals surface area contributed by atoms with Gasteiger partial charge in [-0.1, -0.05) is 18.1 Å². The molecule has 1 aliphatic rings. The molecule has 1 aromatic heterocycles. The van der Waals surface area contributed by atoms with Gasteiger partial charge in [0, 0.05) is 31.7 Å². The zero-order valence-corrected chi connectivity index (χ0v) is 16.6. The number of hydrogen-bond donors (Lipinski definition) is 2. The summed E-state index contributed by atoms with van der Waals surface area (Å²) in [4.78, 5) is 38.2. The molecule has 0 aliphatic carbocycles. The van der Waals surface area contributed by atoms with Gasteiger partial charge in [0.1, 0.15) is 6.20 Å². The minimum absolute atomic E-state index is 0.00444. The number of aliphatic carboxylic acids is 1. The fourth-order valence-electron chi connectivity index (χ4n) is 3.12. The molecule has 1 fully saturated rings. The van der Waals surface area contributed by atoms with Crippen LogP contribution >= 0.6 is 0 Å². The van der Waals surface area contributed by atoms with Gasteiger partial charge < -0.3 is 25.2 Å². The molecular formula is C21H25N3O6. The number of likely N-dealkylation sites (tertiary alicyclic amines) is 1. The van der Waals surface area contributed by atoms with Crippen LogP contribution in [0.25, 0.3) is 0 Å². The summed E-state index contributed by atoms with van der Waals surface area (Å²) >= 11 is 0. The number of carbonyl (C=O) groups is 2. The second kappa shape index (κ2) is 11.7. The second-order valence-electron chi connectivity index (χ2n) is 7.02. The van der Waals surface area contributed by atoms with Crippen LogP contribution in [0.5, 0.6) is 0 Å². The molecule has 9 heteroatoms. The van der Waals surface area contributed by atoms with Gasteiger partial charge in [0.25, 0.3) is 0 Å². The number of amides is 1. The lowest BCUT2D eigenvalue weighted by atomic mass is 10.00. The third kappa shape index (κ3) is 7.64. The smallest absolute Gasteiger partial charge is 0.363 e. The van der Waals surface area contributed by atoms with Crippen molar-refractivity contribution in [1.82, 2.24) is 9.88 Å². The number of unbranched alkanes of at least 4 members (excludes halogenated alkanes) is 1. The van der Waals surface area contributed by atoms with Gasteiger partial charge in [-0.05, 0) is 40.8 Å². The summed E-state index contributed by atoms with van der Waals surface area (Å²) in [5, 5.41) is 29.5. The number of carboxylic acid groups (broad SMARTS) is 1. The predicted molar refractivity (Wildman–Crippen MR) is 108 cm³/mol. The van der Waals surface area contributed by atoms with Crippen molar-refractivity contribution in [2.45, 2.75) is 57.1 Å². The molecule has 1 amide bonds. The van der Waals surface area contributed by atoms with Gasteiger partial charge in [-0.2, -0.15) is 0 Å². The zero-order chi connectivity index (χ0) is 21.9. The molecule has 0 aromatic carbocycles. The van der Waals surface area contributed by atoms with E-state index in [9.17, 15) is 24.8 Å². The van der Waals surface area contributed by atoms with Crippen LogP contribution in [0.3, 0.4) is 0 Å². The number of aliphatic hydroxyl groups excluding tert-OH is 1. The van der Waals surface area contributed by atoms with Gasteiger partial charge in [0.2, 0.25) is 5.91 Å². The van der Waals surface area contributed by atoms with Gasteiger partial charge in [-0.3, -0.25) is 9.59 Å². The van der Waals surface area contributed by atoms with E-state index in [1.165, 1.54) is 12.3 Å². The minimum Gasteiger partial charge on any atom is -0.481 e. The molecule has 160 valence electrons. The van der Waals surface area contributed by atoms with Crippen molar-refractivity contribution < 1.29 is 24.7 Å². The summed E-state index contributed by atoms with van der Waals surface area (Å²) in [6, 6.07) is 2.69. The Labute approximate surface area is 174 Å². The lowest BCUT2D eigenvalue weighted by molar-refractivity contribution is -0.389. The van der Waals surface area contributed by atoms with Crippen LogP contribution in [0.15, 0.2) is 30.5 Å². The first-order valence-electron chi connectivity index (χ1n) is 9.79. The zero-order valence-electron chi connectivity index (χ0n) is 16.6. The standard InChI is InChI=1S/C21H25N3O6/c25-18(14-16-9-12-19(22-15-16)24(29)30)11-10-17-6-5-7-20(26)23(17)13-4-2-1-3-8-21(27)28/h9-12,15,17-18,25H,1,3,5-8,13-14H2,(H,27,28)/b11-10+/t17-,18?/m1/s1. The maximum atomic E-state index is 12.3. The van der Waals surface area contributed by atoms with Crippen LogP contribution in [0.1, 0.15) is 44.1 Å². The van der Waals surface area contributed by atoms with Gasteiger partial charge in [-0.15, -0.1) is 5.92 Å². The van der Waals surface area contributed by atoms with Gasteiger partial charge in [-0.25, -0.2) is 0 Å². The van der Waals surface area contributed by atoms with Crippen LogP contribution < -0.4 is 0 Å². The largest absolute Gasteiger partial charge is 0.481 e. The van der Waals surface area contributed by atoms with Crippen LogP contribution in [0.2, 0.25) is 0 Å². The molecule has 1 saturated heterocycles. The number of pyridine rings is 1. The van der Waals surface area contributed by atoms with E-state index in [4.69, 9.17) is 5.11 Å². The molecule has 30 heavy (non-hydrogen) atoms. The monoisotopic (exact) mass is 415 g/mol. The highest BCUT2D eigenvalue weighted by Gasteiger charge is 2.25. The normalized spacial score (nSPS) is 17.4.